The van der Waals surface area contributed by atoms with E-state index in [2.05, 4.69) is 11.2 Å². The van der Waals surface area contributed by atoms with E-state index in [0.29, 0.717) is 0 Å². The molecule has 0 radical (unpaired) electrons. The summed E-state index contributed by atoms with van der Waals surface area (Å²) in [6.45, 7) is 3.18. The zero-order valence-electron chi connectivity index (χ0n) is 10.8. The van der Waals surface area contributed by atoms with Gasteiger partial charge in [0.25, 0.3) is 0 Å². The molecule has 0 aliphatic rings. The van der Waals surface area contributed by atoms with Crippen LogP contribution in [0.3, 0.4) is 0 Å². The molecule has 0 heterocycles. The van der Waals surface area contributed by atoms with E-state index in [4.69, 9.17) is 11.2 Å². The van der Waals surface area contributed by atoms with Crippen molar-refractivity contribution < 1.29 is 18.3 Å². The first-order chi connectivity index (χ1) is 8.97. The molecule has 0 aromatic heterocycles. The molecule has 1 unspecified atom stereocenters. The fraction of sp³-hybridized carbons (Fsp3) is 0.357. The van der Waals surface area contributed by atoms with Crippen LogP contribution in [-0.4, -0.2) is 19.1 Å². The molecule has 1 aromatic rings. The Bertz CT molecular complexity index is 511. The van der Waals surface area contributed by atoms with Gasteiger partial charge in [0.1, 0.15) is 5.54 Å². The third-order valence-corrected chi connectivity index (χ3v) is 2.72. The van der Waals surface area contributed by atoms with Crippen molar-refractivity contribution in [2.75, 3.05) is 13.2 Å². The number of benzene rings is 1. The lowest BCUT2D eigenvalue weighted by molar-refractivity contribution is -0.151. The molecule has 3 nitrogen and oxygen atoms in total. The lowest BCUT2D eigenvalue weighted by atomic mass is 9.91. The summed E-state index contributed by atoms with van der Waals surface area (Å²) in [5, 5.41) is 2.70. The molecule has 0 saturated heterocycles. The largest absolute Gasteiger partial charge is 0.464 e. The summed E-state index contributed by atoms with van der Waals surface area (Å²) >= 11 is 0. The van der Waals surface area contributed by atoms with E-state index in [1.807, 2.05) is 0 Å². The van der Waals surface area contributed by atoms with E-state index in [0.717, 1.165) is 6.07 Å². The van der Waals surface area contributed by atoms with Crippen LogP contribution in [0.5, 0.6) is 0 Å². The van der Waals surface area contributed by atoms with Crippen molar-refractivity contribution in [2.24, 2.45) is 0 Å². The Morgan fingerprint density at radius 3 is 2.79 bits per heavy atom. The van der Waals surface area contributed by atoms with Crippen LogP contribution in [-0.2, 0) is 15.1 Å². The standard InChI is InChI=1S/C14H15F2NO2/c1-4-9-17-14(3,13(18)19-5-2)10-7-6-8-11(15)12(10)16/h1,6-8,17H,5,9H2,2-3H3. The second kappa shape index (κ2) is 6.30. The van der Waals surface area contributed by atoms with E-state index < -0.39 is 23.1 Å². The fourth-order valence-corrected chi connectivity index (χ4v) is 1.67. The van der Waals surface area contributed by atoms with Crippen LogP contribution in [0, 0.1) is 24.0 Å². The van der Waals surface area contributed by atoms with Gasteiger partial charge in [-0.2, -0.15) is 0 Å². The normalized spacial score (nSPS) is 13.4. The minimum Gasteiger partial charge on any atom is -0.464 e. The van der Waals surface area contributed by atoms with Crippen molar-refractivity contribution in [1.82, 2.24) is 5.32 Å². The summed E-state index contributed by atoms with van der Waals surface area (Å²) in [5.74, 6) is -0.551. The SMILES string of the molecule is C#CCNC(C)(C(=O)OCC)c1cccc(F)c1F. The predicted molar refractivity (Wildman–Crippen MR) is 67.2 cm³/mol. The number of hydrogen-bond donors (Lipinski definition) is 1. The number of rotatable bonds is 5. The topological polar surface area (TPSA) is 38.3 Å². The Hall–Kier alpha value is -1.93. The van der Waals surface area contributed by atoms with E-state index >= 15 is 0 Å². The number of nitrogens with one attached hydrogen (secondary N) is 1. The molecule has 1 atom stereocenters. The molecule has 0 aliphatic heterocycles. The number of carbonyl (C=O) groups excluding carboxylic acids is 1. The summed E-state index contributed by atoms with van der Waals surface area (Å²) in [6.07, 6.45) is 5.12. The molecule has 1 aromatic carbocycles. The maximum Gasteiger partial charge on any atom is 0.330 e. The first kappa shape index (κ1) is 15.1. The van der Waals surface area contributed by atoms with Crippen LogP contribution in [0.2, 0.25) is 0 Å². The third-order valence-electron chi connectivity index (χ3n) is 2.72. The highest BCUT2D eigenvalue weighted by atomic mass is 19.2. The molecule has 0 amide bonds. The van der Waals surface area contributed by atoms with E-state index in [-0.39, 0.29) is 18.7 Å². The Labute approximate surface area is 111 Å². The van der Waals surface area contributed by atoms with Crippen LogP contribution < -0.4 is 5.32 Å². The molecule has 19 heavy (non-hydrogen) atoms. The highest BCUT2D eigenvalue weighted by Crippen LogP contribution is 2.26. The van der Waals surface area contributed by atoms with Gasteiger partial charge in [-0.05, 0) is 19.9 Å². The van der Waals surface area contributed by atoms with Gasteiger partial charge in [0.05, 0.1) is 13.2 Å². The van der Waals surface area contributed by atoms with Crippen LogP contribution in [0.25, 0.3) is 0 Å². The summed E-state index contributed by atoms with van der Waals surface area (Å²) in [7, 11) is 0. The Kier molecular flexibility index (Phi) is 5.02. The second-order valence-corrected chi connectivity index (χ2v) is 4.00. The molecule has 0 fully saturated rings. The Morgan fingerprint density at radius 2 is 2.21 bits per heavy atom. The third kappa shape index (κ3) is 3.09. The molecule has 102 valence electrons. The average Bonchev–Trinajstić information content (AvgIpc) is 2.39. The number of halogens is 2. The van der Waals surface area contributed by atoms with E-state index in [1.54, 1.807) is 6.92 Å². The van der Waals surface area contributed by atoms with Crippen molar-refractivity contribution in [3.8, 4) is 12.3 Å². The van der Waals surface area contributed by atoms with E-state index in [9.17, 15) is 13.6 Å². The second-order valence-electron chi connectivity index (χ2n) is 4.00. The zero-order valence-corrected chi connectivity index (χ0v) is 10.8. The average molecular weight is 267 g/mol. The smallest absolute Gasteiger partial charge is 0.330 e. The van der Waals surface area contributed by atoms with Gasteiger partial charge < -0.3 is 4.74 Å². The fourth-order valence-electron chi connectivity index (χ4n) is 1.67. The van der Waals surface area contributed by atoms with Crippen LogP contribution in [0.4, 0.5) is 8.78 Å². The summed E-state index contributed by atoms with van der Waals surface area (Å²) in [6, 6.07) is 3.62. The van der Waals surface area contributed by atoms with Gasteiger partial charge in [-0.3, -0.25) is 5.32 Å². The molecular formula is C14H15F2NO2. The molecule has 5 heteroatoms. The van der Waals surface area contributed by atoms with E-state index in [1.165, 1.54) is 19.1 Å². The molecule has 0 bridgehead atoms. The lowest BCUT2D eigenvalue weighted by Crippen LogP contribution is -2.48. The van der Waals surface area contributed by atoms with Gasteiger partial charge in [-0.1, -0.05) is 18.1 Å². The quantitative estimate of drug-likeness (QED) is 0.654. The van der Waals surface area contributed by atoms with Crippen molar-refractivity contribution >= 4 is 5.97 Å². The summed E-state index contributed by atoms with van der Waals surface area (Å²) < 4.78 is 32.0. The van der Waals surface area contributed by atoms with Gasteiger partial charge in [-0.25, -0.2) is 13.6 Å². The summed E-state index contributed by atoms with van der Waals surface area (Å²) in [4.78, 5) is 12.0. The van der Waals surface area contributed by atoms with Crippen molar-refractivity contribution in [1.29, 1.82) is 0 Å². The van der Waals surface area contributed by atoms with Crippen molar-refractivity contribution in [3.05, 3.63) is 35.4 Å². The van der Waals surface area contributed by atoms with Crippen molar-refractivity contribution in [2.45, 2.75) is 19.4 Å². The van der Waals surface area contributed by atoms with Gasteiger partial charge in [0, 0.05) is 5.56 Å². The van der Waals surface area contributed by atoms with Gasteiger partial charge in [0.15, 0.2) is 11.6 Å². The number of hydrogen-bond acceptors (Lipinski definition) is 3. The number of ether oxygens (including phenoxy) is 1. The number of carbonyl (C=O) groups is 1. The monoisotopic (exact) mass is 267 g/mol. The zero-order chi connectivity index (χ0) is 14.5. The minimum absolute atomic E-state index is 0.0191. The van der Waals surface area contributed by atoms with Gasteiger partial charge in [-0.15, -0.1) is 6.42 Å². The highest BCUT2D eigenvalue weighted by molar-refractivity contribution is 5.82. The van der Waals surface area contributed by atoms with Gasteiger partial charge >= 0.3 is 5.97 Å². The van der Waals surface area contributed by atoms with Crippen molar-refractivity contribution in [3.63, 3.8) is 0 Å². The molecule has 0 spiro atoms. The predicted octanol–water partition coefficient (Wildman–Crippen LogP) is 1.97. The highest BCUT2D eigenvalue weighted by Gasteiger charge is 2.39. The number of terminal acetylenes is 1. The first-order valence-corrected chi connectivity index (χ1v) is 5.77. The minimum atomic E-state index is -1.53. The number of esters is 1. The molecule has 1 N–H and O–H groups in total. The lowest BCUT2D eigenvalue weighted by Gasteiger charge is -2.28. The summed E-state index contributed by atoms with van der Waals surface area (Å²) in [5.41, 5.74) is -1.67. The van der Waals surface area contributed by atoms with Crippen LogP contribution >= 0.6 is 0 Å². The molecule has 0 aliphatic carbocycles. The molecular weight excluding hydrogens is 252 g/mol. The first-order valence-electron chi connectivity index (χ1n) is 5.77. The maximum atomic E-state index is 13.9. The molecule has 1 rings (SSSR count). The van der Waals surface area contributed by atoms with Crippen LogP contribution in [0.1, 0.15) is 19.4 Å². The molecule has 0 saturated carbocycles. The van der Waals surface area contributed by atoms with Gasteiger partial charge in [0.2, 0.25) is 0 Å². The van der Waals surface area contributed by atoms with Crippen LogP contribution in [0.15, 0.2) is 18.2 Å². The maximum absolute atomic E-state index is 13.9. The Morgan fingerprint density at radius 1 is 1.53 bits per heavy atom. The Balaban J connectivity index is 3.27.